The Morgan fingerprint density at radius 2 is 2.22 bits per heavy atom. The molecule has 0 radical (unpaired) electrons. The van der Waals surface area contributed by atoms with Crippen LogP contribution in [-0.2, 0) is 15.6 Å². The van der Waals surface area contributed by atoms with E-state index in [4.69, 9.17) is 0 Å². The summed E-state index contributed by atoms with van der Waals surface area (Å²) in [6.07, 6.45) is 2.27. The molecule has 2 N–H and O–H groups in total. The summed E-state index contributed by atoms with van der Waals surface area (Å²) in [6.45, 7) is 1.69. The number of benzene rings is 1. The molecule has 1 aliphatic rings. The fraction of sp³-hybridized carbons (Fsp3) is 0.429. The van der Waals surface area contributed by atoms with Crippen LogP contribution in [0.2, 0.25) is 0 Å². The Labute approximate surface area is 133 Å². The molecule has 0 spiro atoms. The van der Waals surface area contributed by atoms with Gasteiger partial charge in [0.1, 0.15) is 17.1 Å². The number of hydrogen-bond acceptors (Lipinski definition) is 5. The predicted octanol–water partition coefficient (Wildman–Crippen LogP) is 0.925. The lowest BCUT2D eigenvalue weighted by Crippen LogP contribution is -2.48. The quantitative estimate of drug-likeness (QED) is 0.866. The molecule has 0 amide bonds. The highest BCUT2D eigenvalue weighted by atomic mass is 32.2. The van der Waals surface area contributed by atoms with Gasteiger partial charge in [-0.1, -0.05) is 0 Å². The van der Waals surface area contributed by atoms with E-state index >= 15 is 0 Å². The van der Waals surface area contributed by atoms with Crippen molar-refractivity contribution in [3.05, 3.63) is 41.5 Å². The maximum atomic E-state index is 13.4. The number of β-amino-alcohol motifs (C(OH)–C–C–N with tert-alkyl or cyclic N) is 1. The van der Waals surface area contributed by atoms with E-state index in [2.05, 4.69) is 15.4 Å². The van der Waals surface area contributed by atoms with Crippen molar-refractivity contribution in [3.8, 4) is 0 Å². The summed E-state index contributed by atoms with van der Waals surface area (Å²) in [5.41, 5.74) is -0.810. The van der Waals surface area contributed by atoms with E-state index in [0.717, 1.165) is 6.07 Å². The molecule has 2 heterocycles. The summed E-state index contributed by atoms with van der Waals surface area (Å²) >= 11 is 0. The average Bonchev–Trinajstić information content (AvgIpc) is 3.05. The fourth-order valence-corrected chi connectivity index (χ4v) is 4.38. The van der Waals surface area contributed by atoms with E-state index in [-0.39, 0.29) is 17.0 Å². The first-order valence-corrected chi connectivity index (χ1v) is 8.62. The topological polar surface area (TPSA) is 99.2 Å². The van der Waals surface area contributed by atoms with Crippen molar-refractivity contribution >= 4 is 10.0 Å². The predicted molar refractivity (Wildman–Crippen MR) is 79.4 cm³/mol. The van der Waals surface area contributed by atoms with Crippen LogP contribution < -0.4 is 0 Å². The molecule has 0 aliphatic carbocycles. The molecule has 1 atom stereocenters. The monoisotopic (exact) mass is 340 g/mol. The van der Waals surface area contributed by atoms with E-state index < -0.39 is 21.4 Å². The zero-order valence-electron chi connectivity index (χ0n) is 12.5. The number of nitrogens with one attached hydrogen (secondary N) is 1. The third-order valence-corrected chi connectivity index (χ3v) is 5.94. The third kappa shape index (κ3) is 2.87. The Kier molecular flexibility index (Phi) is 3.95. The van der Waals surface area contributed by atoms with Crippen molar-refractivity contribution in [2.45, 2.75) is 30.3 Å². The summed E-state index contributed by atoms with van der Waals surface area (Å²) in [6, 6.07) is 3.67. The summed E-state index contributed by atoms with van der Waals surface area (Å²) in [5, 5.41) is 20.7. The molecule has 2 aromatic rings. The maximum Gasteiger partial charge on any atom is 0.243 e. The molecule has 1 aromatic heterocycles. The molecule has 0 bridgehead atoms. The van der Waals surface area contributed by atoms with Crippen LogP contribution in [0.25, 0.3) is 0 Å². The number of sulfonamides is 1. The zero-order valence-corrected chi connectivity index (χ0v) is 13.3. The van der Waals surface area contributed by atoms with Crippen molar-refractivity contribution in [3.63, 3.8) is 0 Å². The summed E-state index contributed by atoms with van der Waals surface area (Å²) in [7, 11) is -3.82. The molecule has 0 saturated carbocycles. The van der Waals surface area contributed by atoms with Crippen LogP contribution in [0.5, 0.6) is 0 Å². The lowest BCUT2D eigenvalue weighted by Gasteiger charge is -2.37. The Hall–Kier alpha value is -1.84. The lowest BCUT2D eigenvalue weighted by atomic mass is 9.91. The van der Waals surface area contributed by atoms with Crippen molar-refractivity contribution in [1.82, 2.24) is 19.7 Å². The number of aryl methyl sites for hydroxylation is 1. The standard InChI is InChI=1S/C14H17FN4O3S/c1-10-7-11(3-4-12(10)15)23(21,22)19-6-2-5-14(20,9-19)13-8-16-18-17-13/h3-4,7-8,20H,2,5-6,9H2,1H3,(H,16,17,18)/t14-/m0/s1. The van der Waals surface area contributed by atoms with Crippen LogP contribution in [0.1, 0.15) is 24.1 Å². The van der Waals surface area contributed by atoms with Gasteiger partial charge in [0.2, 0.25) is 10.0 Å². The van der Waals surface area contributed by atoms with E-state index in [1.165, 1.54) is 29.6 Å². The van der Waals surface area contributed by atoms with Gasteiger partial charge in [-0.2, -0.15) is 19.7 Å². The van der Waals surface area contributed by atoms with Crippen LogP contribution in [0.15, 0.2) is 29.3 Å². The van der Waals surface area contributed by atoms with Gasteiger partial charge in [0.15, 0.2) is 0 Å². The van der Waals surface area contributed by atoms with Gasteiger partial charge in [-0.3, -0.25) is 0 Å². The number of hydrogen-bond donors (Lipinski definition) is 2. The van der Waals surface area contributed by atoms with Crippen LogP contribution in [0.4, 0.5) is 4.39 Å². The maximum absolute atomic E-state index is 13.4. The van der Waals surface area contributed by atoms with Crippen LogP contribution in [0.3, 0.4) is 0 Å². The van der Waals surface area contributed by atoms with Gasteiger partial charge in [-0.25, -0.2) is 12.8 Å². The normalized spacial score (nSPS) is 23.1. The number of rotatable bonds is 3. The Balaban J connectivity index is 1.92. The second-order valence-corrected chi connectivity index (χ2v) is 7.68. The van der Waals surface area contributed by atoms with E-state index in [0.29, 0.717) is 25.1 Å². The number of aliphatic hydroxyl groups is 1. The first-order chi connectivity index (χ1) is 10.8. The number of nitrogens with zero attached hydrogens (tertiary/aromatic N) is 3. The molecule has 23 heavy (non-hydrogen) atoms. The minimum absolute atomic E-state index is 0.0146. The van der Waals surface area contributed by atoms with Crippen molar-refractivity contribution < 1.29 is 17.9 Å². The van der Waals surface area contributed by atoms with Crippen LogP contribution in [0, 0.1) is 12.7 Å². The molecular formula is C14H17FN4O3S. The van der Waals surface area contributed by atoms with Crippen LogP contribution in [-0.4, -0.2) is 46.3 Å². The van der Waals surface area contributed by atoms with E-state index in [1.54, 1.807) is 0 Å². The second-order valence-electron chi connectivity index (χ2n) is 5.74. The van der Waals surface area contributed by atoms with Crippen LogP contribution >= 0.6 is 0 Å². The first kappa shape index (κ1) is 16.0. The van der Waals surface area contributed by atoms with Gasteiger partial charge >= 0.3 is 0 Å². The molecule has 9 heteroatoms. The van der Waals surface area contributed by atoms with Gasteiger partial charge in [0.25, 0.3) is 0 Å². The molecular weight excluding hydrogens is 323 g/mol. The van der Waals surface area contributed by atoms with Gasteiger partial charge in [0, 0.05) is 13.1 Å². The fourth-order valence-electron chi connectivity index (χ4n) is 2.76. The van der Waals surface area contributed by atoms with Crippen molar-refractivity contribution in [2.75, 3.05) is 13.1 Å². The Bertz CT molecular complexity index is 809. The third-order valence-electron chi connectivity index (χ3n) is 4.09. The molecule has 0 unspecified atom stereocenters. The van der Waals surface area contributed by atoms with Crippen molar-refractivity contribution in [1.29, 1.82) is 0 Å². The SMILES string of the molecule is Cc1cc(S(=O)(=O)N2CCC[C@@](O)(c3cn[nH]n3)C2)ccc1F. The number of halogens is 1. The van der Waals surface area contributed by atoms with Gasteiger partial charge in [-0.15, -0.1) is 0 Å². The first-order valence-electron chi connectivity index (χ1n) is 7.18. The smallest absolute Gasteiger partial charge is 0.243 e. The van der Waals surface area contributed by atoms with E-state index in [1.807, 2.05) is 0 Å². The molecule has 1 fully saturated rings. The number of aromatic amines is 1. The average molecular weight is 340 g/mol. The van der Waals surface area contributed by atoms with E-state index in [9.17, 15) is 17.9 Å². The largest absolute Gasteiger partial charge is 0.382 e. The molecule has 7 nitrogen and oxygen atoms in total. The molecule has 3 rings (SSSR count). The number of piperidine rings is 1. The highest BCUT2D eigenvalue weighted by Gasteiger charge is 2.41. The zero-order chi connectivity index (χ0) is 16.7. The number of aromatic nitrogens is 3. The highest BCUT2D eigenvalue weighted by Crippen LogP contribution is 2.32. The minimum Gasteiger partial charge on any atom is -0.382 e. The Morgan fingerprint density at radius 3 is 2.87 bits per heavy atom. The van der Waals surface area contributed by atoms with Gasteiger partial charge < -0.3 is 5.11 Å². The van der Waals surface area contributed by atoms with Crippen molar-refractivity contribution in [2.24, 2.45) is 0 Å². The summed E-state index contributed by atoms with van der Waals surface area (Å²) in [4.78, 5) is 0.0146. The Morgan fingerprint density at radius 1 is 1.43 bits per heavy atom. The minimum atomic E-state index is -3.82. The molecule has 124 valence electrons. The van der Waals surface area contributed by atoms with Gasteiger partial charge in [-0.05, 0) is 43.5 Å². The molecule has 1 saturated heterocycles. The summed E-state index contributed by atoms with van der Waals surface area (Å²) in [5.74, 6) is -0.457. The lowest BCUT2D eigenvalue weighted by molar-refractivity contribution is -0.0161. The molecule has 1 aliphatic heterocycles. The second kappa shape index (κ2) is 5.66. The number of H-pyrrole nitrogens is 1. The van der Waals surface area contributed by atoms with Gasteiger partial charge in [0.05, 0.1) is 11.1 Å². The summed E-state index contributed by atoms with van der Waals surface area (Å²) < 4.78 is 40.1. The highest BCUT2D eigenvalue weighted by molar-refractivity contribution is 7.89. The molecule has 1 aromatic carbocycles.